The third-order valence-electron chi connectivity index (χ3n) is 4.17. The third-order valence-corrected chi connectivity index (χ3v) is 4.17. The molecule has 4 aromatic rings. The molecule has 0 aromatic carbocycles. The first-order valence-electron chi connectivity index (χ1n) is 7.95. The van der Waals surface area contributed by atoms with Crippen LogP contribution in [0.25, 0.3) is 0 Å². The fourth-order valence-corrected chi connectivity index (χ4v) is 3.06. The molecule has 5 rings (SSSR count). The zero-order valence-corrected chi connectivity index (χ0v) is 12.9. The number of aromatic amines is 4. The van der Waals surface area contributed by atoms with Gasteiger partial charge in [0.25, 0.3) is 0 Å². The molecule has 0 fully saturated rings. The van der Waals surface area contributed by atoms with Gasteiger partial charge in [0, 0.05) is 0 Å². The van der Waals surface area contributed by atoms with Gasteiger partial charge < -0.3 is 19.9 Å². The molecule has 0 amide bonds. The normalized spacial score (nSPS) is 12.7. The minimum absolute atomic E-state index is 1.07. The Kier molecular flexibility index (Phi) is 3.15. The summed E-state index contributed by atoms with van der Waals surface area (Å²) in [6, 6.07) is 16.7. The van der Waals surface area contributed by atoms with E-state index in [0.717, 1.165) is 44.7 Å². The van der Waals surface area contributed by atoms with Crippen molar-refractivity contribution in [2.45, 2.75) is 0 Å². The van der Waals surface area contributed by atoms with E-state index in [1.54, 1.807) is 0 Å². The van der Waals surface area contributed by atoms with Crippen LogP contribution in [0.15, 0.2) is 48.5 Å². The van der Waals surface area contributed by atoms with Gasteiger partial charge in [-0.05, 0) is 44.7 Å². The molecule has 8 bridgehead atoms. The van der Waals surface area contributed by atoms with Crippen molar-refractivity contribution in [2.24, 2.45) is 0 Å². The summed E-state index contributed by atoms with van der Waals surface area (Å²) in [7, 11) is 8.42. The van der Waals surface area contributed by atoms with Crippen LogP contribution in [0.2, 0.25) is 0 Å². The third kappa shape index (κ3) is 2.68. The molecule has 4 nitrogen and oxygen atoms in total. The molecule has 4 N–H and O–H groups in total. The summed E-state index contributed by atoms with van der Waals surface area (Å²) >= 11 is 0. The van der Waals surface area contributed by atoms with Crippen molar-refractivity contribution in [3.8, 4) is 0 Å². The molecule has 1 aliphatic rings. The molecule has 0 aliphatic carbocycles. The highest BCUT2D eigenvalue weighted by atomic mass is 14.7. The van der Waals surface area contributed by atoms with Crippen LogP contribution in [0.5, 0.6) is 0 Å². The van der Waals surface area contributed by atoms with E-state index in [4.69, 9.17) is 0 Å². The van der Waals surface area contributed by atoms with Crippen molar-refractivity contribution in [3.05, 3.63) is 48.5 Å². The first kappa shape index (κ1) is 13.8. The molecular formula is C16H12B4N4. The minimum Gasteiger partial charge on any atom is -0.379 e. The largest absolute Gasteiger partial charge is 0.379 e. The number of hydrogen-bond acceptors (Lipinski definition) is 0. The van der Waals surface area contributed by atoms with Gasteiger partial charge in [0.1, 0.15) is 0 Å². The van der Waals surface area contributed by atoms with Crippen LogP contribution in [-0.2, 0) is 0 Å². The van der Waals surface area contributed by atoms with Gasteiger partial charge in [-0.1, -0.05) is 48.5 Å². The number of hydrogen-bond donors (Lipinski definition) is 4. The van der Waals surface area contributed by atoms with Crippen molar-refractivity contribution in [2.75, 3.05) is 0 Å². The number of fused-ring (bicyclic) bond motifs is 8. The lowest BCUT2D eigenvalue weighted by molar-refractivity contribution is 1.48. The van der Waals surface area contributed by atoms with E-state index in [0.29, 0.717) is 0 Å². The van der Waals surface area contributed by atoms with E-state index < -0.39 is 0 Å². The lowest BCUT2D eigenvalue weighted by Crippen LogP contribution is -2.39. The van der Waals surface area contributed by atoms with Gasteiger partial charge in [-0.2, -0.15) is 0 Å². The molecule has 4 radical (unpaired) electrons. The van der Waals surface area contributed by atoms with Gasteiger partial charge in [-0.25, -0.2) is 0 Å². The van der Waals surface area contributed by atoms with Crippen LogP contribution in [0.4, 0.5) is 0 Å². The standard InChI is InChI=1S/C16H12B4N4/c1-2-10-18-12-5-6-14(23-12)20-16-8-7-15(24-16)19-13-4-3-11(22-13)17-9(1)21-10/h1-8,21-24H. The molecule has 0 spiro atoms. The van der Waals surface area contributed by atoms with Gasteiger partial charge in [0.2, 0.25) is 29.1 Å². The molecule has 0 unspecified atom stereocenters. The Morgan fingerprint density at radius 1 is 0.333 bits per heavy atom. The molecule has 5 heterocycles. The summed E-state index contributed by atoms with van der Waals surface area (Å²) in [4.78, 5) is 13.7. The van der Waals surface area contributed by atoms with Gasteiger partial charge >= 0.3 is 0 Å². The average Bonchev–Trinajstić information content (AvgIpc) is 3.32. The highest BCUT2D eigenvalue weighted by Gasteiger charge is 2.11. The molecule has 4 aromatic heterocycles. The summed E-state index contributed by atoms with van der Waals surface area (Å²) in [5, 5.41) is 0. The van der Waals surface area contributed by atoms with E-state index in [2.05, 4.69) is 97.6 Å². The van der Waals surface area contributed by atoms with Crippen LogP contribution in [-0.4, -0.2) is 49.1 Å². The average molecular weight is 304 g/mol. The number of H-pyrrole nitrogens is 4. The Labute approximate surface area is 142 Å². The molecular weight excluding hydrogens is 291 g/mol. The van der Waals surface area contributed by atoms with Crippen LogP contribution in [0.3, 0.4) is 0 Å². The minimum atomic E-state index is 1.07. The van der Waals surface area contributed by atoms with Crippen LogP contribution in [0.1, 0.15) is 0 Å². The topological polar surface area (TPSA) is 63.2 Å². The van der Waals surface area contributed by atoms with Crippen molar-refractivity contribution in [1.82, 2.24) is 19.9 Å². The van der Waals surface area contributed by atoms with Crippen molar-refractivity contribution in [3.63, 3.8) is 0 Å². The predicted octanol–water partition coefficient (Wildman–Crippen LogP) is -4.07. The quantitative estimate of drug-likeness (QED) is 0.210. The van der Waals surface area contributed by atoms with Crippen molar-refractivity contribution >= 4 is 73.9 Å². The Morgan fingerprint density at radius 3 is 0.667 bits per heavy atom. The number of rotatable bonds is 0. The van der Waals surface area contributed by atoms with Gasteiger partial charge in [0.05, 0.1) is 0 Å². The highest BCUT2D eigenvalue weighted by molar-refractivity contribution is 6.72. The SMILES string of the molecule is [B]1c2ccc([nH]2)[B]c2ccc([nH]2)[B]c2ccc([nH]2)[B]c2ccc1[nH]2. The second-order valence-electron chi connectivity index (χ2n) is 6.05. The monoisotopic (exact) mass is 304 g/mol. The lowest BCUT2D eigenvalue weighted by Gasteiger charge is -1.99. The maximum Gasteiger partial charge on any atom is 0.236 e. The molecule has 108 valence electrons. The Balaban J connectivity index is 1.54. The second kappa shape index (κ2) is 5.48. The number of aromatic nitrogens is 4. The highest BCUT2D eigenvalue weighted by Crippen LogP contribution is 1.82. The second-order valence-corrected chi connectivity index (χ2v) is 6.05. The Bertz CT molecular complexity index is 766. The first-order chi connectivity index (χ1) is 11.8. The lowest BCUT2D eigenvalue weighted by atomic mass is 9.70. The van der Waals surface area contributed by atoms with Crippen LogP contribution >= 0.6 is 0 Å². The van der Waals surface area contributed by atoms with Crippen molar-refractivity contribution < 1.29 is 0 Å². The van der Waals surface area contributed by atoms with E-state index in [1.165, 1.54) is 0 Å². The van der Waals surface area contributed by atoms with Crippen molar-refractivity contribution in [1.29, 1.82) is 0 Å². The molecule has 24 heavy (non-hydrogen) atoms. The summed E-state index contributed by atoms with van der Waals surface area (Å²) in [6.45, 7) is 0. The van der Waals surface area contributed by atoms with E-state index in [1.807, 2.05) is 0 Å². The molecule has 1 aliphatic heterocycles. The van der Waals surface area contributed by atoms with Gasteiger partial charge in [0.15, 0.2) is 0 Å². The molecule has 0 atom stereocenters. The summed E-state index contributed by atoms with van der Waals surface area (Å²) in [5.74, 6) is 0. The summed E-state index contributed by atoms with van der Waals surface area (Å²) in [6.07, 6.45) is 0. The van der Waals surface area contributed by atoms with Crippen LogP contribution in [0, 0.1) is 0 Å². The van der Waals surface area contributed by atoms with Gasteiger partial charge in [-0.3, -0.25) is 0 Å². The Hall–Kier alpha value is -2.62. The fraction of sp³-hybridized carbons (Fsp3) is 0. The van der Waals surface area contributed by atoms with Crippen LogP contribution < -0.4 is 44.7 Å². The van der Waals surface area contributed by atoms with E-state index in [-0.39, 0.29) is 0 Å². The van der Waals surface area contributed by atoms with E-state index >= 15 is 0 Å². The molecule has 0 saturated carbocycles. The summed E-state index contributed by atoms with van der Waals surface area (Å²) in [5.41, 5.74) is 8.57. The smallest absolute Gasteiger partial charge is 0.236 e. The zero-order chi connectivity index (χ0) is 15.9. The molecule has 8 heteroatoms. The van der Waals surface area contributed by atoms with E-state index in [9.17, 15) is 0 Å². The summed E-state index contributed by atoms with van der Waals surface area (Å²) < 4.78 is 0. The first-order valence-corrected chi connectivity index (χ1v) is 7.95. The molecule has 0 saturated heterocycles. The Morgan fingerprint density at radius 2 is 0.500 bits per heavy atom. The maximum atomic E-state index is 3.42. The van der Waals surface area contributed by atoms with Gasteiger partial charge in [-0.15, -0.1) is 0 Å². The number of nitrogens with one attached hydrogen (secondary N) is 4. The predicted molar refractivity (Wildman–Crippen MR) is 103 cm³/mol. The zero-order valence-electron chi connectivity index (χ0n) is 12.9. The maximum absolute atomic E-state index is 3.42. The fourth-order valence-electron chi connectivity index (χ4n) is 3.06.